The molecule has 0 saturated carbocycles. The van der Waals surface area contributed by atoms with Crippen molar-refractivity contribution in [1.29, 1.82) is 0 Å². The van der Waals surface area contributed by atoms with E-state index >= 15 is 0 Å². The van der Waals surface area contributed by atoms with E-state index in [4.69, 9.17) is 18.9 Å². The Morgan fingerprint density at radius 3 is 1.16 bits per heavy atom. The largest absolute Gasteiger partial charge is 0.451 e. The molecule has 16 heteroatoms. The highest BCUT2D eigenvalue weighted by Gasteiger charge is 2.41. The summed E-state index contributed by atoms with van der Waals surface area (Å²) in [6, 6.07) is 12.5. The van der Waals surface area contributed by atoms with Crippen LogP contribution in [-0.2, 0) is 70.1 Å². The van der Waals surface area contributed by atoms with Gasteiger partial charge in [0.2, 0.25) is 0 Å². The third-order valence-electron chi connectivity index (χ3n) is 11.0. The highest BCUT2D eigenvalue weighted by Crippen LogP contribution is 2.22. The van der Waals surface area contributed by atoms with Gasteiger partial charge in [-0.05, 0) is 63.5 Å². The average molecular weight is 865 g/mol. The predicted molar refractivity (Wildman–Crippen MR) is 228 cm³/mol. The molecule has 8 atom stereocenters. The summed E-state index contributed by atoms with van der Waals surface area (Å²) in [6.45, 7) is 12.8. The van der Waals surface area contributed by atoms with Crippen molar-refractivity contribution in [3.8, 4) is 0 Å². The Morgan fingerprint density at radius 2 is 0.742 bits per heavy atom. The lowest BCUT2D eigenvalue weighted by molar-refractivity contribution is -0.175. The van der Waals surface area contributed by atoms with E-state index in [1.54, 1.807) is 60.7 Å². The third-order valence-corrected chi connectivity index (χ3v) is 11.0. The van der Waals surface area contributed by atoms with Gasteiger partial charge in [0.25, 0.3) is 23.6 Å². The third kappa shape index (κ3) is 13.6. The van der Waals surface area contributed by atoms with Gasteiger partial charge in [-0.3, -0.25) is 19.2 Å². The number of likely N-dealkylation sites (N-methyl/N-ethyl adjacent to an activating group) is 4. The van der Waals surface area contributed by atoms with Crippen molar-refractivity contribution in [2.45, 2.75) is 130 Å². The van der Waals surface area contributed by atoms with Crippen LogP contribution < -0.4 is 0 Å². The lowest BCUT2D eigenvalue weighted by Gasteiger charge is -2.34. The molecular formula is C46H64N4O12. The molecule has 16 nitrogen and oxygen atoms in total. The molecule has 1 fully saturated rings. The molecule has 0 aliphatic carbocycles. The quantitative estimate of drug-likeness (QED) is 0.278. The van der Waals surface area contributed by atoms with Gasteiger partial charge in [-0.1, -0.05) is 88.4 Å². The predicted octanol–water partition coefficient (Wildman–Crippen LogP) is 3.61. The zero-order chi connectivity index (χ0) is 46.6. The van der Waals surface area contributed by atoms with Gasteiger partial charge in [-0.2, -0.15) is 0 Å². The summed E-state index contributed by atoms with van der Waals surface area (Å²) < 4.78 is 23.0. The first kappa shape index (κ1) is 50.6. The van der Waals surface area contributed by atoms with Crippen LogP contribution in [0.2, 0.25) is 0 Å². The van der Waals surface area contributed by atoms with Crippen molar-refractivity contribution in [3.63, 3.8) is 0 Å². The van der Waals surface area contributed by atoms with Crippen LogP contribution in [-0.4, -0.2) is 144 Å². The second kappa shape index (κ2) is 22.9. The molecule has 2 aromatic rings. The highest BCUT2D eigenvalue weighted by molar-refractivity contribution is 5.94. The van der Waals surface area contributed by atoms with Gasteiger partial charge < -0.3 is 38.5 Å². The molecule has 1 saturated heterocycles. The van der Waals surface area contributed by atoms with E-state index in [2.05, 4.69) is 0 Å². The molecule has 0 unspecified atom stereocenters. The zero-order valence-electron chi connectivity index (χ0n) is 38.1. The van der Waals surface area contributed by atoms with Crippen LogP contribution in [0.4, 0.5) is 0 Å². The Labute approximate surface area is 365 Å². The minimum absolute atomic E-state index is 0.0824. The summed E-state index contributed by atoms with van der Waals surface area (Å²) in [4.78, 5) is 116. The molecule has 0 radical (unpaired) electrons. The van der Waals surface area contributed by atoms with Gasteiger partial charge >= 0.3 is 23.9 Å². The number of hydrogen-bond donors (Lipinski definition) is 0. The Kier molecular flexibility index (Phi) is 18.7. The van der Waals surface area contributed by atoms with E-state index in [-0.39, 0.29) is 37.5 Å². The smallest absolute Gasteiger partial charge is 0.329 e. The first-order chi connectivity index (χ1) is 29.0. The second-order valence-corrected chi connectivity index (χ2v) is 16.8. The summed E-state index contributed by atoms with van der Waals surface area (Å²) in [5.41, 5.74) is 1.28. The van der Waals surface area contributed by atoms with Crippen LogP contribution in [0.5, 0.6) is 0 Å². The summed E-state index contributed by atoms with van der Waals surface area (Å²) in [6.07, 6.45) is -5.73. The molecule has 0 N–H and O–H groups in total. The van der Waals surface area contributed by atoms with Crippen molar-refractivity contribution in [2.24, 2.45) is 11.8 Å². The average Bonchev–Trinajstić information content (AvgIpc) is 3.24. The number of carbonyl (C=O) groups excluding carboxylic acids is 8. The maximum Gasteiger partial charge on any atom is 0.329 e. The van der Waals surface area contributed by atoms with Gasteiger partial charge in [-0.25, -0.2) is 19.2 Å². The van der Waals surface area contributed by atoms with Crippen molar-refractivity contribution >= 4 is 47.5 Å². The maximum atomic E-state index is 14.3. The molecule has 1 aliphatic rings. The number of carbonyl (C=O) groups is 8. The van der Waals surface area contributed by atoms with Gasteiger partial charge in [0.15, 0.2) is 24.4 Å². The Hall–Kier alpha value is -5.80. The van der Waals surface area contributed by atoms with Crippen molar-refractivity contribution in [2.75, 3.05) is 28.2 Å². The Bertz CT molecular complexity index is 1840. The SMILES string of the molecule is CC(C)C[C@H]1C(=O)O[C@H](Cc2ccccc2)C(=O)N(C)[C@@H](C)C(=O)O[C@@H](C)C(=O)N(C)[C@@H](C)C(=O)O[C@H](Cc2ccccc2)C(=O)N(C)[C@@H](CC(C)C)C(=O)O[C@H](C)C(=O)N1C. The summed E-state index contributed by atoms with van der Waals surface area (Å²) in [7, 11) is 5.38. The lowest BCUT2D eigenvalue weighted by Crippen LogP contribution is -2.54. The molecule has 2 aromatic carbocycles. The van der Waals surface area contributed by atoms with E-state index in [0.29, 0.717) is 11.1 Å². The van der Waals surface area contributed by atoms with E-state index in [1.165, 1.54) is 55.9 Å². The number of rotatable bonds is 8. The Morgan fingerprint density at radius 1 is 0.435 bits per heavy atom. The zero-order valence-corrected chi connectivity index (χ0v) is 38.1. The van der Waals surface area contributed by atoms with Crippen LogP contribution in [0.1, 0.15) is 79.4 Å². The lowest BCUT2D eigenvalue weighted by atomic mass is 10.0. The van der Waals surface area contributed by atoms with Gasteiger partial charge in [-0.15, -0.1) is 0 Å². The Balaban J connectivity index is 2.13. The van der Waals surface area contributed by atoms with E-state index in [0.717, 1.165) is 19.6 Å². The minimum Gasteiger partial charge on any atom is -0.451 e. The monoisotopic (exact) mass is 864 g/mol. The van der Waals surface area contributed by atoms with Crippen LogP contribution in [0.25, 0.3) is 0 Å². The fraction of sp³-hybridized carbons (Fsp3) is 0.565. The topological polar surface area (TPSA) is 186 Å². The van der Waals surface area contributed by atoms with Crippen LogP contribution in [0.15, 0.2) is 60.7 Å². The minimum atomic E-state index is -1.46. The molecule has 1 heterocycles. The molecule has 1 aliphatic heterocycles. The number of cyclic esters (lactones) is 4. The van der Waals surface area contributed by atoms with Crippen LogP contribution >= 0.6 is 0 Å². The number of nitrogens with zero attached hydrogens (tertiary/aromatic N) is 4. The van der Waals surface area contributed by atoms with E-state index < -0.39 is 96.1 Å². The summed E-state index contributed by atoms with van der Waals surface area (Å²) >= 11 is 0. The van der Waals surface area contributed by atoms with Crippen molar-refractivity contribution in [1.82, 2.24) is 19.6 Å². The molecule has 0 aromatic heterocycles. The van der Waals surface area contributed by atoms with Crippen LogP contribution in [0.3, 0.4) is 0 Å². The summed E-state index contributed by atoms with van der Waals surface area (Å²) in [5.74, 6) is -7.02. The first-order valence-electron chi connectivity index (χ1n) is 21.0. The number of amides is 4. The number of esters is 4. The van der Waals surface area contributed by atoms with Crippen molar-refractivity contribution in [3.05, 3.63) is 71.8 Å². The standard InChI is InChI=1S/C46H64N4O12/c1-27(2)23-35-45(57)60-32(8)40(52)49(11)36(24-28(3)4)46(58)62-37(25-33-19-15-13-16-20-33)41(53)48(10)29(5)43(55)59-31(7)39(51)47(9)30(6)44(56)61-38(42(54)50(35)12)26-34-21-17-14-18-22-34/h13-22,27-32,35-38H,23-26H2,1-12H3/t29-,30-,31-,32+,35-,36-,37+,38+/m0/s1. The summed E-state index contributed by atoms with van der Waals surface area (Å²) in [5, 5.41) is 0. The van der Waals surface area contributed by atoms with E-state index in [1.807, 2.05) is 27.7 Å². The van der Waals surface area contributed by atoms with Gasteiger partial charge in [0, 0.05) is 41.0 Å². The van der Waals surface area contributed by atoms with Crippen molar-refractivity contribution < 1.29 is 57.3 Å². The van der Waals surface area contributed by atoms with E-state index in [9.17, 15) is 38.4 Å². The molecular weight excluding hydrogens is 801 g/mol. The van der Waals surface area contributed by atoms with Gasteiger partial charge in [0.05, 0.1) is 0 Å². The number of benzene rings is 2. The highest BCUT2D eigenvalue weighted by atomic mass is 16.6. The maximum absolute atomic E-state index is 14.3. The molecule has 0 spiro atoms. The molecule has 0 bridgehead atoms. The normalized spacial score (nSPS) is 26.3. The van der Waals surface area contributed by atoms with Crippen LogP contribution in [0, 0.1) is 11.8 Å². The van der Waals surface area contributed by atoms with Gasteiger partial charge in [0.1, 0.15) is 24.2 Å². The molecule has 340 valence electrons. The molecule has 62 heavy (non-hydrogen) atoms. The molecule has 4 amide bonds. The fourth-order valence-electron chi connectivity index (χ4n) is 6.85. The second-order valence-electron chi connectivity index (χ2n) is 16.8. The first-order valence-corrected chi connectivity index (χ1v) is 21.0. The number of ether oxygens (including phenoxy) is 4. The number of hydrogen-bond acceptors (Lipinski definition) is 12. The molecule has 3 rings (SSSR count). The fourth-order valence-corrected chi connectivity index (χ4v) is 6.85.